The number of hydrogen-bond donors (Lipinski definition) is 5. The van der Waals surface area contributed by atoms with Crippen LogP contribution in [0.1, 0.15) is 89.3 Å². The number of thiazole rings is 1. The lowest BCUT2D eigenvalue weighted by Crippen LogP contribution is -2.59. The van der Waals surface area contributed by atoms with Gasteiger partial charge in [0.1, 0.15) is 12.1 Å². The minimum absolute atomic E-state index is 0.0528. The van der Waals surface area contributed by atoms with E-state index >= 15 is 4.39 Å². The van der Waals surface area contributed by atoms with Crippen molar-refractivity contribution in [2.75, 3.05) is 64.0 Å². The molecular weight excluding hydrogens is 1020 g/mol. The molecule has 0 spiro atoms. The number of carbonyl (C=O) groups excluding carboxylic acids is 6. The SMILES string of the molecule is Cc1cnsc1-c1ccc([C@H](CC(=O)NCCCC(=O)N2CCCC(NC(=O)COc3c(-c4csc(N5CCOCC5)n4)ccc(F)c3F)C2)NC(=O)[C@@H]2C[C@@H](O)CN2C(=O)[C@@H](NC(=O)C2(F)CC2)C(C)(C)C)cc1. The van der Waals surface area contributed by atoms with Crippen molar-refractivity contribution in [3.63, 3.8) is 0 Å². The molecule has 1 aliphatic carbocycles. The molecular formula is C52H64F3N9O9S2. The number of rotatable bonds is 19. The first-order chi connectivity index (χ1) is 35.8. The van der Waals surface area contributed by atoms with Gasteiger partial charge < -0.3 is 50.5 Å². The lowest BCUT2D eigenvalue weighted by Gasteiger charge is -2.36. The van der Waals surface area contributed by atoms with Gasteiger partial charge in [0.2, 0.25) is 29.4 Å². The van der Waals surface area contributed by atoms with Crippen LogP contribution in [0.2, 0.25) is 0 Å². The quantitative estimate of drug-likeness (QED) is 0.0785. The van der Waals surface area contributed by atoms with Crippen molar-refractivity contribution >= 4 is 63.4 Å². The maximum absolute atomic E-state index is 15.2. The number of amides is 6. The third-order valence-corrected chi connectivity index (χ3v) is 15.7. The largest absolute Gasteiger partial charge is 0.480 e. The van der Waals surface area contributed by atoms with Crippen LogP contribution in [0, 0.1) is 24.0 Å². The predicted octanol–water partition coefficient (Wildman–Crippen LogP) is 4.98. The van der Waals surface area contributed by atoms with Crippen molar-refractivity contribution < 1.29 is 56.5 Å². The molecule has 3 saturated heterocycles. The van der Waals surface area contributed by atoms with Crippen LogP contribution in [0.25, 0.3) is 21.7 Å². The van der Waals surface area contributed by atoms with Crippen LogP contribution < -0.4 is 30.9 Å². The molecule has 23 heteroatoms. The molecule has 75 heavy (non-hydrogen) atoms. The molecule has 2 aromatic heterocycles. The normalized spacial score (nSPS) is 20.2. The minimum Gasteiger partial charge on any atom is -0.480 e. The number of halogens is 3. The Balaban J connectivity index is 0.840. The Labute approximate surface area is 441 Å². The molecule has 0 radical (unpaired) electrons. The molecule has 404 valence electrons. The summed E-state index contributed by atoms with van der Waals surface area (Å²) in [5.41, 5.74) is 0.128. The van der Waals surface area contributed by atoms with Crippen molar-refractivity contribution in [3.05, 3.63) is 70.7 Å². The van der Waals surface area contributed by atoms with Crippen LogP contribution in [0.3, 0.4) is 0 Å². The van der Waals surface area contributed by atoms with Gasteiger partial charge in [-0.2, -0.15) is 4.39 Å². The van der Waals surface area contributed by atoms with Crippen molar-refractivity contribution in [2.45, 2.75) is 115 Å². The summed E-state index contributed by atoms with van der Waals surface area (Å²) in [6.07, 6.45) is 2.04. The highest BCUT2D eigenvalue weighted by Gasteiger charge is 2.53. The number of morpholine rings is 1. The zero-order valence-electron chi connectivity index (χ0n) is 42.4. The number of aliphatic hydroxyl groups is 1. The van der Waals surface area contributed by atoms with E-state index in [0.29, 0.717) is 62.1 Å². The van der Waals surface area contributed by atoms with E-state index in [0.717, 1.165) is 22.1 Å². The summed E-state index contributed by atoms with van der Waals surface area (Å²) in [6, 6.07) is 5.98. The molecule has 18 nitrogen and oxygen atoms in total. The van der Waals surface area contributed by atoms with Gasteiger partial charge in [-0.1, -0.05) is 45.0 Å². The number of β-amino-alcohol motifs (C(OH)–C–C–N with tert-alkyl or cyclic N) is 1. The Morgan fingerprint density at radius 3 is 2.43 bits per heavy atom. The zero-order valence-corrected chi connectivity index (χ0v) is 44.1. The number of piperidine rings is 1. The molecule has 4 fully saturated rings. The molecule has 1 unspecified atom stereocenters. The van der Waals surface area contributed by atoms with Crippen molar-refractivity contribution in [1.82, 2.24) is 40.4 Å². The van der Waals surface area contributed by atoms with E-state index in [-0.39, 0.29) is 69.6 Å². The van der Waals surface area contributed by atoms with Gasteiger partial charge in [0.15, 0.2) is 29.0 Å². The monoisotopic (exact) mass is 1080 g/mol. The van der Waals surface area contributed by atoms with Gasteiger partial charge in [-0.15, -0.1) is 11.3 Å². The predicted molar refractivity (Wildman–Crippen MR) is 274 cm³/mol. The van der Waals surface area contributed by atoms with E-state index in [2.05, 4.69) is 30.6 Å². The lowest BCUT2D eigenvalue weighted by atomic mass is 9.85. The van der Waals surface area contributed by atoms with Gasteiger partial charge in [0, 0.05) is 75.3 Å². The van der Waals surface area contributed by atoms with E-state index in [1.807, 2.05) is 24.0 Å². The Morgan fingerprint density at radius 1 is 0.987 bits per heavy atom. The van der Waals surface area contributed by atoms with E-state index < -0.39 is 94.9 Å². The van der Waals surface area contributed by atoms with Crippen molar-refractivity contribution in [2.24, 2.45) is 5.41 Å². The molecule has 5 atom stereocenters. The van der Waals surface area contributed by atoms with Crippen LogP contribution in [0.5, 0.6) is 5.75 Å². The number of carbonyl (C=O) groups is 6. The second-order valence-electron chi connectivity index (χ2n) is 20.7. The molecule has 4 aliphatic rings. The van der Waals surface area contributed by atoms with Gasteiger partial charge in [-0.25, -0.2) is 18.1 Å². The highest BCUT2D eigenvalue weighted by atomic mass is 32.1. The number of benzene rings is 2. The number of alkyl halides is 1. The molecule has 8 rings (SSSR count). The summed E-state index contributed by atoms with van der Waals surface area (Å²) in [5.74, 6) is -6.15. The maximum atomic E-state index is 15.2. The highest BCUT2D eigenvalue weighted by molar-refractivity contribution is 7.14. The summed E-state index contributed by atoms with van der Waals surface area (Å²) < 4.78 is 59.6. The molecule has 4 aromatic rings. The molecule has 6 amide bonds. The summed E-state index contributed by atoms with van der Waals surface area (Å²) in [4.78, 5) is 91.8. The molecule has 0 bridgehead atoms. The first-order valence-electron chi connectivity index (χ1n) is 25.3. The first kappa shape index (κ1) is 55.1. The van der Waals surface area contributed by atoms with E-state index in [4.69, 9.17) is 9.47 Å². The molecule has 3 aliphatic heterocycles. The summed E-state index contributed by atoms with van der Waals surface area (Å²) in [5, 5.41) is 24.4. The lowest BCUT2D eigenvalue weighted by molar-refractivity contribution is -0.145. The molecule has 2 aromatic carbocycles. The standard InChI is InChI=1S/C52H64F3N9O9S2/c1-30-25-57-75-45(30)32-11-9-31(10-12-32)37(59-47(69)39-23-34(65)27-64(39)48(70)46(51(2,3)4)61-49(71)52(55)15-16-52)24-40(66)56-17-5-8-42(68)63-18-6-7-33(26-63)58-41(67)28-73-44-35(13-14-36(53)43(44)54)38-29-74-50(60-38)62-19-21-72-22-20-62/h9-14,25,29,33-34,37,39,46,65H,5-8,15-24,26-28H2,1-4H3,(H,56,66)(H,58,67)(H,59,69)(H,61,71)/t33?,34-,37+,39+,46-/m1/s1. The van der Waals surface area contributed by atoms with Crippen LogP contribution in [-0.4, -0.2) is 149 Å². The van der Waals surface area contributed by atoms with Gasteiger partial charge in [-0.05, 0) is 84.8 Å². The van der Waals surface area contributed by atoms with Gasteiger partial charge in [0.05, 0.1) is 42.4 Å². The number of hydrogen-bond acceptors (Lipinski definition) is 14. The summed E-state index contributed by atoms with van der Waals surface area (Å²) in [6.45, 7) is 9.48. The van der Waals surface area contributed by atoms with Crippen molar-refractivity contribution in [1.29, 1.82) is 0 Å². The van der Waals surface area contributed by atoms with Crippen LogP contribution in [0.15, 0.2) is 48.0 Å². The third-order valence-electron chi connectivity index (χ3n) is 13.9. The second-order valence-corrected chi connectivity index (χ2v) is 22.3. The number of anilines is 1. The Morgan fingerprint density at radius 2 is 1.73 bits per heavy atom. The summed E-state index contributed by atoms with van der Waals surface area (Å²) >= 11 is 2.69. The number of nitrogens with zero attached hydrogens (tertiary/aromatic N) is 5. The molecule has 5 N–H and O–H groups in total. The Hall–Kier alpha value is -6.17. The van der Waals surface area contributed by atoms with Gasteiger partial charge >= 0.3 is 0 Å². The second kappa shape index (κ2) is 23.8. The Bertz CT molecular complexity index is 2730. The number of ether oxygens (including phenoxy) is 2. The average molecular weight is 1080 g/mol. The average Bonchev–Trinajstić information content (AvgIpc) is 3.68. The Kier molecular flexibility index (Phi) is 17.5. The first-order valence-corrected chi connectivity index (χ1v) is 27.0. The van der Waals surface area contributed by atoms with Crippen LogP contribution in [-0.2, 0) is 33.5 Å². The number of aliphatic hydroxyl groups excluding tert-OH is 1. The highest BCUT2D eigenvalue weighted by Crippen LogP contribution is 2.41. The molecule has 5 heterocycles. The van der Waals surface area contributed by atoms with Crippen LogP contribution >= 0.6 is 22.9 Å². The van der Waals surface area contributed by atoms with Gasteiger partial charge in [0.25, 0.3) is 11.8 Å². The fourth-order valence-corrected chi connectivity index (χ4v) is 11.1. The van der Waals surface area contributed by atoms with Gasteiger partial charge in [-0.3, -0.25) is 28.8 Å². The third kappa shape index (κ3) is 13.6. The number of aryl methyl sites for hydroxylation is 1. The van der Waals surface area contributed by atoms with Crippen molar-refractivity contribution in [3.8, 4) is 27.4 Å². The summed E-state index contributed by atoms with van der Waals surface area (Å²) in [7, 11) is 0. The van der Waals surface area contributed by atoms with E-state index in [9.17, 15) is 42.7 Å². The van der Waals surface area contributed by atoms with Crippen LogP contribution in [0.4, 0.5) is 18.3 Å². The number of likely N-dealkylation sites (tertiary alicyclic amines) is 2. The minimum atomic E-state index is -2.04. The van der Waals surface area contributed by atoms with E-state index in [1.165, 1.54) is 33.8 Å². The fourth-order valence-electron chi connectivity index (χ4n) is 9.45. The molecule has 1 saturated carbocycles. The topological polar surface area (TPSA) is 225 Å². The fraction of sp³-hybridized carbons (Fsp3) is 0.538. The smallest absolute Gasteiger partial charge is 0.258 e. The van der Waals surface area contributed by atoms with E-state index in [1.54, 1.807) is 49.4 Å². The number of aromatic nitrogens is 2. The number of nitrogens with one attached hydrogen (secondary N) is 4. The zero-order chi connectivity index (χ0) is 53.6. The maximum Gasteiger partial charge on any atom is 0.258 e.